The van der Waals surface area contributed by atoms with Gasteiger partial charge in [-0.25, -0.2) is 13.7 Å². The topological polar surface area (TPSA) is 82.6 Å². The summed E-state index contributed by atoms with van der Waals surface area (Å²) in [4.78, 5) is 16.4. The van der Waals surface area contributed by atoms with Crippen molar-refractivity contribution >= 4 is 39.3 Å². The molecule has 0 unspecified atom stereocenters. The first-order valence-electron chi connectivity index (χ1n) is 7.69. The van der Waals surface area contributed by atoms with Gasteiger partial charge in [-0.2, -0.15) is 8.42 Å². The van der Waals surface area contributed by atoms with Gasteiger partial charge in [0.2, 0.25) is 0 Å². The zero-order valence-electron chi connectivity index (χ0n) is 14.1. The molecule has 1 aliphatic heterocycles. The van der Waals surface area contributed by atoms with Crippen LogP contribution in [0, 0.1) is 5.82 Å². The van der Waals surface area contributed by atoms with Crippen LogP contribution in [0.25, 0.3) is 0 Å². The highest BCUT2D eigenvalue weighted by Crippen LogP contribution is 2.39. The van der Waals surface area contributed by atoms with Crippen molar-refractivity contribution < 1.29 is 17.6 Å². The number of hydrogen-bond acceptors (Lipinski definition) is 5. The lowest BCUT2D eigenvalue weighted by molar-refractivity contribution is 0.0951. The SMILES string of the molecule is CSc1ncccc1C(=O)NCCN1c2cc(F)ccc2N(C)S1(=O)=O. The highest BCUT2D eigenvalue weighted by Gasteiger charge is 2.37. The number of carbonyl (C=O) groups is 1. The molecule has 2 aromatic rings. The van der Waals surface area contributed by atoms with Crippen molar-refractivity contribution in [2.75, 3.05) is 35.0 Å². The predicted molar refractivity (Wildman–Crippen MR) is 99.4 cm³/mol. The summed E-state index contributed by atoms with van der Waals surface area (Å²) in [6.07, 6.45) is 3.41. The molecule has 1 aliphatic rings. The number of fused-ring (bicyclic) bond motifs is 1. The molecule has 138 valence electrons. The van der Waals surface area contributed by atoms with E-state index in [2.05, 4.69) is 10.3 Å². The van der Waals surface area contributed by atoms with Gasteiger partial charge in [0.1, 0.15) is 10.8 Å². The zero-order chi connectivity index (χ0) is 18.9. The summed E-state index contributed by atoms with van der Waals surface area (Å²) in [6, 6.07) is 7.11. The molecule has 7 nitrogen and oxygen atoms in total. The number of pyridine rings is 1. The Balaban J connectivity index is 1.74. The van der Waals surface area contributed by atoms with E-state index in [-0.39, 0.29) is 24.7 Å². The molecule has 0 bridgehead atoms. The van der Waals surface area contributed by atoms with Gasteiger partial charge in [0.25, 0.3) is 5.91 Å². The van der Waals surface area contributed by atoms with Crippen LogP contribution < -0.4 is 13.9 Å². The fourth-order valence-electron chi connectivity index (χ4n) is 2.69. The molecule has 10 heteroatoms. The Bertz CT molecular complexity index is 952. The van der Waals surface area contributed by atoms with E-state index >= 15 is 0 Å². The average molecular weight is 396 g/mol. The number of amides is 1. The quantitative estimate of drug-likeness (QED) is 0.781. The van der Waals surface area contributed by atoms with Gasteiger partial charge in [-0.05, 0) is 30.5 Å². The summed E-state index contributed by atoms with van der Waals surface area (Å²) < 4.78 is 40.8. The van der Waals surface area contributed by atoms with Crippen LogP contribution in [0.15, 0.2) is 41.6 Å². The fraction of sp³-hybridized carbons (Fsp3) is 0.250. The predicted octanol–water partition coefficient (Wildman–Crippen LogP) is 1.87. The van der Waals surface area contributed by atoms with Crippen molar-refractivity contribution in [1.29, 1.82) is 0 Å². The van der Waals surface area contributed by atoms with Crippen LogP contribution in [0.3, 0.4) is 0 Å². The summed E-state index contributed by atoms with van der Waals surface area (Å²) >= 11 is 1.35. The van der Waals surface area contributed by atoms with E-state index < -0.39 is 16.0 Å². The number of hydrogen-bond donors (Lipinski definition) is 1. The van der Waals surface area contributed by atoms with Gasteiger partial charge < -0.3 is 5.32 Å². The normalized spacial score (nSPS) is 15.0. The van der Waals surface area contributed by atoms with Gasteiger partial charge in [-0.15, -0.1) is 11.8 Å². The largest absolute Gasteiger partial charge is 0.350 e. The van der Waals surface area contributed by atoms with E-state index in [0.717, 1.165) is 8.61 Å². The molecule has 1 amide bonds. The highest BCUT2D eigenvalue weighted by molar-refractivity contribution is 7.98. The maximum atomic E-state index is 13.6. The molecule has 0 aliphatic carbocycles. The number of halogens is 1. The molecule has 2 heterocycles. The Morgan fingerprint density at radius 1 is 1.31 bits per heavy atom. The molecular formula is C16H17FN4O3S2. The van der Waals surface area contributed by atoms with Gasteiger partial charge >= 0.3 is 10.2 Å². The van der Waals surface area contributed by atoms with Crippen LogP contribution in [-0.4, -0.2) is 45.7 Å². The molecule has 0 radical (unpaired) electrons. The second-order valence-corrected chi connectivity index (χ2v) is 8.18. The minimum atomic E-state index is -3.78. The van der Waals surface area contributed by atoms with Crippen LogP contribution >= 0.6 is 11.8 Å². The maximum Gasteiger partial charge on any atom is 0.326 e. The first kappa shape index (κ1) is 18.5. The molecular weight excluding hydrogens is 379 g/mol. The van der Waals surface area contributed by atoms with Crippen molar-refractivity contribution in [3.8, 4) is 0 Å². The van der Waals surface area contributed by atoms with Crippen LogP contribution in [0.2, 0.25) is 0 Å². The number of benzene rings is 1. The van der Waals surface area contributed by atoms with E-state index in [0.29, 0.717) is 16.3 Å². The minimum absolute atomic E-state index is 0.0102. The van der Waals surface area contributed by atoms with E-state index in [1.54, 1.807) is 18.3 Å². The number of carbonyl (C=O) groups excluding carboxylic acids is 1. The van der Waals surface area contributed by atoms with Gasteiger partial charge in [0, 0.05) is 25.9 Å². The van der Waals surface area contributed by atoms with E-state index in [4.69, 9.17) is 0 Å². The minimum Gasteiger partial charge on any atom is -0.350 e. The summed E-state index contributed by atoms with van der Waals surface area (Å²) in [6.45, 7) is 0.0638. The van der Waals surface area contributed by atoms with E-state index in [1.807, 2.05) is 6.26 Å². The van der Waals surface area contributed by atoms with Crippen molar-refractivity contribution in [2.45, 2.75) is 5.03 Å². The fourth-order valence-corrected chi connectivity index (χ4v) is 4.65. The molecule has 1 aromatic carbocycles. The Labute approximate surface area is 155 Å². The number of nitrogens with one attached hydrogen (secondary N) is 1. The summed E-state index contributed by atoms with van der Waals surface area (Å²) in [5.74, 6) is -0.866. The van der Waals surface area contributed by atoms with Gasteiger partial charge in [0.15, 0.2) is 0 Å². The first-order valence-corrected chi connectivity index (χ1v) is 10.3. The van der Waals surface area contributed by atoms with Crippen LogP contribution in [-0.2, 0) is 10.2 Å². The zero-order valence-corrected chi connectivity index (χ0v) is 15.8. The Morgan fingerprint density at radius 2 is 2.08 bits per heavy atom. The molecule has 1 N–H and O–H groups in total. The number of thioether (sulfide) groups is 1. The monoisotopic (exact) mass is 396 g/mol. The third-order valence-corrected chi connectivity index (χ3v) is 6.52. The summed E-state index contributed by atoms with van der Waals surface area (Å²) in [5.41, 5.74) is 1.08. The molecule has 0 atom stereocenters. The van der Waals surface area contributed by atoms with E-state index in [1.165, 1.54) is 37.0 Å². The van der Waals surface area contributed by atoms with Crippen LogP contribution in [0.4, 0.5) is 15.8 Å². The van der Waals surface area contributed by atoms with Crippen molar-refractivity contribution in [3.05, 3.63) is 47.9 Å². The average Bonchev–Trinajstić information content (AvgIpc) is 2.81. The number of nitrogens with zero attached hydrogens (tertiary/aromatic N) is 3. The van der Waals surface area contributed by atoms with Crippen LogP contribution in [0.1, 0.15) is 10.4 Å². The summed E-state index contributed by atoms with van der Waals surface area (Å²) in [7, 11) is -2.38. The van der Waals surface area contributed by atoms with Crippen molar-refractivity contribution in [3.63, 3.8) is 0 Å². The molecule has 26 heavy (non-hydrogen) atoms. The Hall–Kier alpha value is -2.33. The first-order chi connectivity index (χ1) is 12.4. The van der Waals surface area contributed by atoms with Crippen LogP contribution in [0.5, 0.6) is 0 Å². The standard InChI is InChI=1S/C16H17FN4O3S2/c1-20-13-6-5-11(17)10-14(13)21(26(20,23)24)9-8-18-15(22)12-4-3-7-19-16(12)25-2/h3-7,10H,8-9H2,1-2H3,(H,18,22). The number of aromatic nitrogens is 1. The molecule has 1 aromatic heterocycles. The van der Waals surface area contributed by atoms with Gasteiger partial charge in [-0.1, -0.05) is 0 Å². The second kappa shape index (κ2) is 7.12. The Morgan fingerprint density at radius 3 is 2.81 bits per heavy atom. The number of rotatable bonds is 5. The number of anilines is 2. The van der Waals surface area contributed by atoms with E-state index in [9.17, 15) is 17.6 Å². The molecule has 0 fully saturated rings. The maximum absolute atomic E-state index is 13.6. The van der Waals surface area contributed by atoms with Crippen molar-refractivity contribution in [2.24, 2.45) is 0 Å². The lowest BCUT2D eigenvalue weighted by Gasteiger charge is -2.19. The molecule has 3 rings (SSSR count). The third kappa shape index (κ3) is 3.21. The highest BCUT2D eigenvalue weighted by atomic mass is 32.2. The third-order valence-electron chi connectivity index (χ3n) is 3.98. The molecule has 0 saturated heterocycles. The van der Waals surface area contributed by atoms with Crippen molar-refractivity contribution in [1.82, 2.24) is 10.3 Å². The molecule has 0 spiro atoms. The van der Waals surface area contributed by atoms with Gasteiger partial charge in [0.05, 0.1) is 23.5 Å². The smallest absolute Gasteiger partial charge is 0.326 e. The second-order valence-electron chi connectivity index (χ2n) is 5.50. The molecule has 0 saturated carbocycles. The lowest BCUT2D eigenvalue weighted by Crippen LogP contribution is -2.40. The summed E-state index contributed by atoms with van der Waals surface area (Å²) in [5, 5.41) is 3.28. The Kier molecular flexibility index (Phi) is 5.05. The lowest BCUT2D eigenvalue weighted by atomic mass is 10.2. The van der Waals surface area contributed by atoms with Gasteiger partial charge in [-0.3, -0.25) is 9.10 Å².